The van der Waals surface area contributed by atoms with Crippen LogP contribution in [0.2, 0.25) is 0 Å². The molecule has 0 spiro atoms. The zero-order valence-electron chi connectivity index (χ0n) is 11.8. The van der Waals surface area contributed by atoms with Gasteiger partial charge in [0.05, 0.1) is 0 Å². The summed E-state index contributed by atoms with van der Waals surface area (Å²) in [6, 6.07) is 19.6. The van der Waals surface area contributed by atoms with Crippen molar-refractivity contribution in [2.75, 3.05) is 7.05 Å². The van der Waals surface area contributed by atoms with E-state index in [4.69, 9.17) is 0 Å². The Morgan fingerprint density at radius 2 is 1.80 bits per heavy atom. The minimum atomic E-state index is 0.916. The highest BCUT2D eigenvalue weighted by Crippen LogP contribution is 2.18. The Kier molecular flexibility index (Phi) is 3.84. The maximum Gasteiger partial charge on any atom is 0.0483 e. The molecule has 0 amide bonds. The lowest BCUT2D eigenvalue weighted by molar-refractivity contribution is 0.722. The largest absolute Gasteiger partial charge is 0.347 e. The fourth-order valence-electron chi connectivity index (χ4n) is 2.63. The Hall–Kier alpha value is -2.06. The molecule has 102 valence electrons. The lowest BCUT2D eigenvalue weighted by Crippen LogP contribution is -2.05. The molecule has 0 saturated heterocycles. The Morgan fingerprint density at radius 1 is 0.950 bits per heavy atom. The van der Waals surface area contributed by atoms with Gasteiger partial charge in [0.15, 0.2) is 0 Å². The molecule has 0 radical (unpaired) electrons. The van der Waals surface area contributed by atoms with E-state index in [9.17, 15) is 0 Å². The van der Waals surface area contributed by atoms with Crippen LogP contribution in [0.25, 0.3) is 10.9 Å². The van der Waals surface area contributed by atoms with Crippen LogP contribution in [0.1, 0.15) is 11.1 Å². The standard InChI is InChI=1S/C18H20N2/c1-19-14-16-7-8-17-10-12-20(18(17)13-16)11-9-15-5-3-2-4-6-15/h2-8,10,12-13,19H,9,11,14H2,1H3. The van der Waals surface area contributed by atoms with Crippen LogP contribution in [0.15, 0.2) is 60.8 Å². The van der Waals surface area contributed by atoms with E-state index in [1.54, 1.807) is 0 Å². The highest BCUT2D eigenvalue weighted by molar-refractivity contribution is 5.80. The van der Waals surface area contributed by atoms with Crippen LogP contribution in [0.3, 0.4) is 0 Å². The molecule has 2 aromatic carbocycles. The van der Waals surface area contributed by atoms with Crippen molar-refractivity contribution >= 4 is 10.9 Å². The highest BCUT2D eigenvalue weighted by Gasteiger charge is 2.02. The Labute approximate surface area is 120 Å². The van der Waals surface area contributed by atoms with E-state index in [2.05, 4.69) is 70.7 Å². The smallest absolute Gasteiger partial charge is 0.0483 e. The van der Waals surface area contributed by atoms with Crippen molar-refractivity contribution in [2.24, 2.45) is 0 Å². The van der Waals surface area contributed by atoms with Crippen LogP contribution in [0, 0.1) is 0 Å². The van der Waals surface area contributed by atoms with Crippen LogP contribution < -0.4 is 5.32 Å². The van der Waals surface area contributed by atoms with Gasteiger partial charge in [-0.2, -0.15) is 0 Å². The summed E-state index contributed by atoms with van der Waals surface area (Å²) in [7, 11) is 1.98. The van der Waals surface area contributed by atoms with Gasteiger partial charge in [0.2, 0.25) is 0 Å². The predicted molar refractivity (Wildman–Crippen MR) is 84.8 cm³/mol. The van der Waals surface area contributed by atoms with Crippen LogP contribution in [0.4, 0.5) is 0 Å². The van der Waals surface area contributed by atoms with Crippen molar-refractivity contribution < 1.29 is 0 Å². The number of hydrogen-bond acceptors (Lipinski definition) is 1. The first-order valence-electron chi connectivity index (χ1n) is 7.13. The molecule has 0 atom stereocenters. The third kappa shape index (κ3) is 2.75. The fraction of sp³-hybridized carbons (Fsp3) is 0.222. The van der Waals surface area contributed by atoms with E-state index in [0.717, 1.165) is 19.5 Å². The molecular formula is C18H20N2. The lowest BCUT2D eigenvalue weighted by Gasteiger charge is -2.07. The molecule has 1 heterocycles. The summed E-state index contributed by atoms with van der Waals surface area (Å²) in [4.78, 5) is 0. The summed E-state index contributed by atoms with van der Waals surface area (Å²) in [5.41, 5.74) is 4.05. The van der Waals surface area contributed by atoms with Crippen molar-refractivity contribution in [3.8, 4) is 0 Å². The predicted octanol–water partition coefficient (Wildman–Crippen LogP) is 3.60. The number of hydrogen-bond donors (Lipinski definition) is 1. The molecule has 0 unspecified atom stereocenters. The molecule has 2 nitrogen and oxygen atoms in total. The molecule has 3 rings (SSSR count). The Bertz CT molecular complexity index is 683. The van der Waals surface area contributed by atoms with Gasteiger partial charge in [-0.25, -0.2) is 0 Å². The molecule has 0 aliphatic carbocycles. The van der Waals surface area contributed by atoms with E-state index < -0.39 is 0 Å². The summed E-state index contributed by atoms with van der Waals surface area (Å²) in [6.45, 7) is 1.94. The number of aromatic nitrogens is 1. The van der Waals surface area contributed by atoms with Gasteiger partial charge in [-0.3, -0.25) is 0 Å². The molecule has 0 aliphatic heterocycles. The van der Waals surface area contributed by atoms with E-state index in [0.29, 0.717) is 0 Å². The van der Waals surface area contributed by atoms with Crippen LogP contribution in [0.5, 0.6) is 0 Å². The van der Waals surface area contributed by atoms with Crippen molar-refractivity contribution in [3.05, 3.63) is 71.9 Å². The number of fused-ring (bicyclic) bond motifs is 1. The maximum absolute atomic E-state index is 3.21. The third-order valence-corrected chi connectivity index (χ3v) is 3.70. The first kappa shape index (κ1) is 12.9. The van der Waals surface area contributed by atoms with Gasteiger partial charge in [0.1, 0.15) is 0 Å². The average Bonchev–Trinajstić information content (AvgIpc) is 2.89. The second-order valence-electron chi connectivity index (χ2n) is 5.17. The quantitative estimate of drug-likeness (QED) is 0.745. The fourth-order valence-corrected chi connectivity index (χ4v) is 2.63. The number of nitrogens with one attached hydrogen (secondary N) is 1. The molecule has 2 heteroatoms. The van der Waals surface area contributed by atoms with Crippen LogP contribution in [-0.4, -0.2) is 11.6 Å². The molecule has 0 saturated carbocycles. The Balaban J connectivity index is 1.82. The second kappa shape index (κ2) is 5.93. The third-order valence-electron chi connectivity index (χ3n) is 3.70. The molecule has 0 aliphatic rings. The van der Waals surface area contributed by atoms with Gasteiger partial charge >= 0.3 is 0 Å². The average molecular weight is 264 g/mol. The minimum absolute atomic E-state index is 0.916. The van der Waals surface area contributed by atoms with Gasteiger partial charge in [0.25, 0.3) is 0 Å². The van der Waals surface area contributed by atoms with Crippen LogP contribution >= 0.6 is 0 Å². The maximum atomic E-state index is 3.21. The highest BCUT2D eigenvalue weighted by atomic mass is 14.9. The normalized spacial score (nSPS) is 11.1. The minimum Gasteiger partial charge on any atom is -0.347 e. The topological polar surface area (TPSA) is 17.0 Å². The summed E-state index contributed by atoms with van der Waals surface area (Å²) in [5.74, 6) is 0. The van der Waals surface area contributed by atoms with Gasteiger partial charge in [-0.05, 0) is 42.1 Å². The molecular weight excluding hydrogens is 244 g/mol. The zero-order chi connectivity index (χ0) is 13.8. The van der Waals surface area contributed by atoms with Crippen LogP contribution in [-0.2, 0) is 19.5 Å². The molecule has 0 fully saturated rings. The first-order valence-corrected chi connectivity index (χ1v) is 7.13. The summed E-state index contributed by atoms with van der Waals surface area (Å²) >= 11 is 0. The van der Waals surface area contributed by atoms with Gasteiger partial charge in [-0.15, -0.1) is 0 Å². The zero-order valence-corrected chi connectivity index (χ0v) is 11.8. The number of benzene rings is 2. The van der Waals surface area contributed by atoms with E-state index in [1.165, 1.54) is 22.0 Å². The first-order chi connectivity index (χ1) is 9.86. The van der Waals surface area contributed by atoms with E-state index in [-0.39, 0.29) is 0 Å². The molecule has 3 aromatic rings. The van der Waals surface area contributed by atoms with Gasteiger partial charge in [-0.1, -0.05) is 42.5 Å². The number of aryl methyl sites for hydroxylation is 2. The molecule has 20 heavy (non-hydrogen) atoms. The SMILES string of the molecule is CNCc1ccc2ccn(CCc3ccccc3)c2c1. The van der Waals surface area contributed by atoms with Crippen molar-refractivity contribution in [1.82, 2.24) is 9.88 Å². The van der Waals surface area contributed by atoms with Crippen molar-refractivity contribution in [1.29, 1.82) is 0 Å². The number of rotatable bonds is 5. The summed E-state index contributed by atoms with van der Waals surface area (Å²) in [5, 5.41) is 4.53. The summed E-state index contributed by atoms with van der Waals surface area (Å²) < 4.78 is 2.35. The Morgan fingerprint density at radius 3 is 2.60 bits per heavy atom. The molecule has 0 bridgehead atoms. The molecule has 1 N–H and O–H groups in total. The van der Waals surface area contributed by atoms with Gasteiger partial charge in [0, 0.05) is 24.8 Å². The van der Waals surface area contributed by atoms with E-state index in [1.807, 2.05) is 7.05 Å². The van der Waals surface area contributed by atoms with Crippen molar-refractivity contribution in [3.63, 3.8) is 0 Å². The van der Waals surface area contributed by atoms with E-state index >= 15 is 0 Å². The van der Waals surface area contributed by atoms with Gasteiger partial charge < -0.3 is 9.88 Å². The number of nitrogens with zero attached hydrogens (tertiary/aromatic N) is 1. The second-order valence-corrected chi connectivity index (χ2v) is 5.17. The summed E-state index contributed by atoms with van der Waals surface area (Å²) in [6.07, 6.45) is 3.26. The monoisotopic (exact) mass is 264 g/mol. The lowest BCUT2D eigenvalue weighted by atomic mass is 10.1. The molecule has 1 aromatic heterocycles. The van der Waals surface area contributed by atoms with Crippen molar-refractivity contribution in [2.45, 2.75) is 19.5 Å².